The summed E-state index contributed by atoms with van der Waals surface area (Å²) in [5, 5.41) is 5.16. The third kappa shape index (κ3) is 1.53. The Labute approximate surface area is 113 Å². The predicted octanol–water partition coefficient (Wildman–Crippen LogP) is 3.11. The molecule has 0 atom stereocenters. The summed E-state index contributed by atoms with van der Waals surface area (Å²) in [6, 6.07) is 14.0. The highest BCUT2D eigenvalue weighted by atomic mass is 14.2. The first-order chi connectivity index (χ1) is 9.14. The van der Waals surface area contributed by atoms with Crippen LogP contribution < -0.4 is 10.4 Å². The van der Waals surface area contributed by atoms with E-state index in [1.165, 1.54) is 32.4 Å². The molecule has 19 heavy (non-hydrogen) atoms. The van der Waals surface area contributed by atoms with E-state index in [0.717, 1.165) is 0 Å². The Balaban J connectivity index is 2.17. The number of allylic oxidation sites excluding steroid dienone is 4. The first-order valence-corrected chi connectivity index (χ1v) is 6.72. The maximum atomic E-state index is 3.39. The molecule has 0 amide bonds. The molecule has 0 nitrogen and oxygen atoms in total. The van der Waals surface area contributed by atoms with E-state index >= 15 is 0 Å². The number of hydrogen-bond donors (Lipinski definition) is 0. The molecule has 2 aromatic rings. The van der Waals surface area contributed by atoms with Crippen LogP contribution in [0.3, 0.4) is 0 Å². The number of fused-ring (bicyclic) bond motifs is 4. The van der Waals surface area contributed by atoms with Gasteiger partial charge in [0.1, 0.15) is 0 Å². The molecule has 2 aliphatic carbocycles. The second kappa shape index (κ2) is 3.48. The quantitative estimate of drug-likeness (QED) is 0.667. The Hall–Kier alpha value is -2.08. The van der Waals surface area contributed by atoms with Gasteiger partial charge in [-0.15, -0.1) is 0 Å². The third-order valence-corrected chi connectivity index (χ3v) is 3.99. The van der Waals surface area contributed by atoms with Gasteiger partial charge in [-0.1, -0.05) is 62.4 Å². The van der Waals surface area contributed by atoms with Gasteiger partial charge in [0.2, 0.25) is 0 Å². The summed E-state index contributed by atoms with van der Waals surface area (Å²) >= 11 is 0. The van der Waals surface area contributed by atoms with Gasteiger partial charge in [0.15, 0.2) is 0 Å². The van der Waals surface area contributed by atoms with Crippen LogP contribution in [0.2, 0.25) is 0 Å². The van der Waals surface area contributed by atoms with E-state index in [2.05, 4.69) is 62.4 Å². The van der Waals surface area contributed by atoms with Crippen LogP contribution in [-0.4, -0.2) is 0 Å². The lowest BCUT2D eigenvalue weighted by molar-refractivity contribution is 0.621. The average Bonchev–Trinajstić information content (AvgIpc) is 2.75. The summed E-state index contributed by atoms with van der Waals surface area (Å²) in [6.45, 7) is 4.49. The first kappa shape index (κ1) is 10.8. The Kier molecular flexibility index (Phi) is 1.98. The van der Waals surface area contributed by atoms with Crippen molar-refractivity contribution in [2.75, 3.05) is 0 Å². The second-order valence-electron chi connectivity index (χ2n) is 5.97. The minimum Gasteiger partial charge on any atom is -0.0744 e. The standard InChI is InChI=1S/C19H15/c1-19(2)10-9-16-14(12-19)11-18-15-6-4-3-5-13(15)7-8-17(16)18/h3-5,7-12H,1-2H3. The topological polar surface area (TPSA) is 0 Å². The van der Waals surface area contributed by atoms with Crippen molar-refractivity contribution in [3.05, 3.63) is 70.6 Å². The maximum absolute atomic E-state index is 3.39. The molecule has 4 rings (SSSR count). The second-order valence-corrected chi connectivity index (χ2v) is 5.97. The fraction of sp³-hybridized carbons (Fsp3) is 0.158. The Bertz CT molecular complexity index is 874. The molecule has 0 unspecified atom stereocenters. The molecule has 0 spiro atoms. The van der Waals surface area contributed by atoms with E-state index in [0.29, 0.717) is 0 Å². The lowest BCUT2D eigenvalue weighted by Gasteiger charge is -2.21. The highest BCUT2D eigenvalue weighted by Gasteiger charge is 2.20. The lowest BCUT2D eigenvalue weighted by Crippen LogP contribution is -2.23. The summed E-state index contributed by atoms with van der Waals surface area (Å²) in [5.41, 5.74) is 2.86. The normalized spacial score (nSPS) is 18.8. The molecule has 0 saturated heterocycles. The van der Waals surface area contributed by atoms with Crippen LogP contribution in [0.15, 0.2) is 54.1 Å². The highest BCUT2D eigenvalue weighted by Crippen LogP contribution is 2.32. The van der Waals surface area contributed by atoms with Crippen molar-refractivity contribution >= 4 is 22.4 Å². The first-order valence-electron chi connectivity index (χ1n) is 6.72. The molecule has 0 N–H and O–H groups in total. The van der Waals surface area contributed by atoms with Gasteiger partial charge in [-0.25, -0.2) is 0 Å². The van der Waals surface area contributed by atoms with E-state index in [4.69, 9.17) is 0 Å². The van der Waals surface area contributed by atoms with E-state index in [1.54, 1.807) is 0 Å². The van der Waals surface area contributed by atoms with Crippen LogP contribution in [0, 0.1) is 11.5 Å². The fourth-order valence-electron chi connectivity index (χ4n) is 3.05. The van der Waals surface area contributed by atoms with Gasteiger partial charge < -0.3 is 0 Å². The number of benzene rings is 2. The van der Waals surface area contributed by atoms with Crippen molar-refractivity contribution in [3.63, 3.8) is 0 Å². The zero-order valence-electron chi connectivity index (χ0n) is 11.2. The maximum Gasteiger partial charge on any atom is 0.00169 e. The van der Waals surface area contributed by atoms with Crippen molar-refractivity contribution in [2.45, 2.75) is 13.8 Å². The van der Waals surface area contributed by atoms with Crippen molar-refractivity contribution < 1.29 is 0 Å². The fourth-order valence-corrected chi connectivity index (χ4v) is 3.05. The molecule has 1 radical (unpaired) electrons. The molecular formula is C19H15. The van der Waals surface area contributed by atoms with E-state index in [9.17, 15) is 0 Å². The van der Waals surface area contributed by atoms with Gasteiger partial charge in [-0.3, -0.25) is 0 Å². The Morgan fingerprint density at radius 3 is 2.89 bits per heavy atom. The Morgan fingerprint density at radius 1 is 1.11 bits per heavy atom. The van der Waals surface area contributed by atoms with Crippen molar-refractivity contribution in [1.29, 1.82) is 0 Å². The minimum absolute atomic E-state index is 0.150. The summed E-state index contributed by atoms with van der Waals surface area (Å²) in [7, 11) is 0. The van der Waals surface area contributed by atoms with Gasteiger partial charge in [0.25, 0.3) is 0 Å². The molecular weight excluding hydrogens is 228 g/mol. The van der Waals surface area contributed by atoms with Gasteiger partial charge >= 0.3 is 0 Å². The molecule has 0 aromatic heterocycles. The lowest BCUT2D eigenvalue weighted by atomic mass is 9.84. The van der Waals surface area contributed by atoms with Gasteiger partial charge in [0.05, 0.1) is 0 Å². The van der Waals surface area contributed by atoms with Crippen LogP contribution in [0.1, 0.15) is 13.8 Å². The monoisotopic (exact) mass is 243 g/mol. The van der Waals surface area contributed by atoms with Crippen LogP contribution in [0.4, 0.5) is 0 Å². The molecule has 0 heterocycles. The van der Waals surface area contributed by atoms with Crippen LogP contribution in [0.5, 0.6) is 0 Å². The van der Waals surface area contributed by atoms with Gasteiger partial charge in [0, 0.05) is 5.41 Å². The van der Waals surface area contributed by atoms with Crippen LogP contribution in [0.25, 0.3) is 22.4 Å². The van der Waals surface area contributed by atoms with Crippen molar-refractivity contribution in [2.24, 2.45) is 5.41 Å². The van der Waals surface area contributed by atoms with E-state index in [-0.39, 0.29) is 5.41 Å². The molecule has 0 saturated carbocycles. The van der Waals surface area contributed by atoms with Crippen LogP contribution >= 0.6 is 0 Å². The average molecular weight is 243 g/mol. The molecule has 0 bridgehead atoms. The molecule has 2 aliphatic rings. The van der Waals surface area contributed by atoms with E-state index in [1.807, 2.05) is 12.1 Å². The Morgan fingerprint density at radius 2 is 2.00 bits per heavy atom. The molecule has 91 valence electrons. The SMILES string of the molecule is CC1(C)C=CC2=c3ccc4ccc[c]c4c3=CC2=C1. The third-order valence-electron chi connectivity index (χ3n) is 3.99. The molecule has 0 aliphatic heterocycles. The van der Waals surface area contributed by atoms with Gasteiger partial charge in [-0.05, 0) is 44.5 Å². The summed E-state index contributed by atoms with van der Waals surface area (Å²) < 4.78 is 0. The molecule has 2 aromatic carbocycles. The zero-order chi connectivity index (χ0) is 13.0. The summed E-state index contributed by atoms with van der Waals surface area (Å²) in [6.07, 6.45) is 9.23. The highest BCUT2D eigenvalue weighted by molar-refractivity contribution is 5.94. The van der Waals surface area contributed by atoms with Crippen molar-refractivity contribution in [1.82, 2.24) is 0 Å². The zero-order valence-corrected chi connectivity index (χ0v) is 11.2. The summed E-state index contributed by atoms with van der Waals surface area (Å²) in [5.74, 6) is 0. The number of hydrogen-bond acceptors (Lipinski definition) is 0. The molecule has 0 fully saturated rings. The molecule has 0 heteroatoms. The predicted molar refractivity (Wildman–Crippen MR) is 80.9 cm³/mol. The minimum atomic E-state index is 0.150. The van der Waals surface area contributed by atoms with E-state index < -0.39 is 0 Å². The summed E-state index contributed by atoms with van der Waals surface area (Å²) in [4.78, 5) is 0. The van der Waals surface area contributed by atoms with Crippen molar-refractivity contribution in [3.8, 4) is 0 Å². The largest absolute Gasteiger partial charge is 0.0744 e. The number of rotatable bonds is 0. The van der Waals surface area contributed by atoms with Gasteiger partial charge in [-0.2, -0.15) is 0 Å². The smallest absolute Gasteiger partial charge is 0.00169 e. The van der Waals surface area contributed by atoms with Crippen LogP contribution in [-0.2, 0) is 0 Å².